The van der Waals surface area contributed by atoms with Crippen molar-refractivity contribution < 1.29 is 23.1 Å². The number of amides is 1. The lowest BCUT2D eigenvalue weighted by molar-refractivity contribution is -0.137. The minimum Gasteiger partial charge on any atom is -0.480 e. The van der Waals surface area contributed by atoms with Crippen LogP contribution >= 0.6 is 0 Å². The quantitative estimate of drug-likeness (QED) is 0.498. The summed E-state index contributed by atoms with van der Waals surface area (Å²) in [5.74, 6) is -1.55. The number of fused-ring (bicyclic) bond motifs is 1. The van der Waals surface area contributed by atoms with Crippen molar-refractivity contribution in [2.45, 2.75) is 11.4 Å². The zero-order valence-electron chi connectivity index (χ0n) is 15.5. The number of carbonyl (C=O) groups is 2. The Hall–Kier alpha value is -3.21. The van der Waals surface area contributed by atoms with Crippen molar-refractivity contribution in [3.8, 4) is 0 Å². The Kier molecular flexibility index (Phi) is 5.69. The van der Waals surface area contributed by atoms with Crippen LogP contribution in [0.5, 0.6) is 0 Å². The number of anilines is 2. The Bertz CT molecular complexity index is 1110. The number of hydrogen-bond donors (Lipinski definition) is 4. The van der Waals surface area contributed by atoms with E-state index in [2.05, 4.69) is 10.6 Å². The highest BCUT2D eigenvalue weighted by molar-refractivity contribution is 7.89. The monoisotopic (exact) mass is 416 g/mol. The van der Waals surface area contributed by atoms with Crippen molar-refractivity contribution in [1.29, 1.82) is 0 Å². The van der Waals surface area contributed by atoms with Gasteiger partial charge in [-0.1, -0.05) is 18.2 Å². The molecule has 1 aliphatic heterocycles. The van der Waals surface area contributed by atoms with E-state index >= 15 is 0 Å². The first kappa shape index (κ1) is 20.5. The van der Waals surface area contributed by atoms with Crippen LogP contribution in [0.2, 0.25) is 0 Å². The number of nitrogens with two attached hydrogens (primary N) is 1. The Balaban J connectivity index is 1.89. The van der Waals surface area contributed by atoms with Crippen molar-refractivity contribution >= 4 is 38.8 Å². The van der Waals surface area contributed by atoms with Gasteiger partial charge < -0.3 is 21.5 Å². The molecule has 1 amide bonds. The van der Waals surface area contributed by atoms with Crippen molar-refractivity contribution in [3.05, 3.63) is 59.8 Å². The fourth-order valence-electron chi connectivity index (χ4n) is 2.99. The van der Waals surface area contributed by atoms with Crippen LogP contribution < -0.4 is 16.4 Å². The summed E-state index contributed by atoms with van der Waals surface area (Å²) in [4.78, 5) is 23.1. The lowest BCUT2D eigenvalue weighted by atomic mass is 10.0. The molecule has 0 aliphatic carbocycles. The number of nitrogens with zero attached hydrogens (tertiary/aromatic N) is 1. The van der Waals surface area contributed by atoms with E-state index in [4.69, 9.17) is 10.8 Å². The number of sulfonamides is 1. The van der Waals surface area contributed by atoms with Gasteiger partial charge in [0.25, 0.3) is 5.91 Å². The number of carboxylic acids is 1. The Morgan fingerprint density at radius 3 is 2.69 bits per heavy atom. The van der Waals surface area contributed by atoms with Crippen LogP contribution in [-0.4, -0.2) is 43.3 Å². The number of aliphatic carboxylic acids is 1. The van der Waals surface area contributed by atoms with E-state index in [1.54, 1.807) is 18.2 Å². The van der Waals surface area contributed by atoms with E-state index in [0.29, 0.717) is 22.5 Å². The summed E-state index contributed by atoms with van der Waals surface area (Å²) in [5, 5.41) is 14.5. The van der Waals surface area contributed by atoms with Crippen LogP contribution in [0.25, 0.3) is 5.57 Å². The number of rotatable bonds is 7. The van der Waals surface area contributed by atoms with E-state index in [1.807, 2.05) is 6.07 Å². The van der Waals surface area contributed by atoms with Crippen LogP contribution in [-0.2, 0) is 26.2 Å². The first-order chi connectivity index (χ1) is 13.7. The summed E-state index contributed by atoms with van der Waals surface area (Å²) in [5.41, 5.74) is 8.76. The Labute approximate surface area is 167 Å². The predicted molar refractivity (Wildman–Crippen MR) is 108 cm³/mol. The molecule has 0 saturated carbocycles. The molecule has 1 heterocycles. The summed E-state index contributed by atoms with van der Waals surface area (Å²) >= 11 is 0. The second kappa shape index (κ2) is 8.03. The third kappa shape index (κ3) is 4.14. The number of likely N-dealkylation sites (N-methyl/N-ethyl adjacent to an activating group) is 1. The lowest BCUT2D eigenvalue weighted by Crippen LogP contribution is -2.32. The molecule has 0 fully saturated rings. The smallest absolute Gasteiger partial charge is 0.318 e. The van der Waals surface area contributed by atoms with Gasteiger partial charge in [-0.15, -0.1) is 0 Å². The molecule has 1 aliphatic rings. The molecular weight excluding hydrogens is 396 g/mol. The van der Waals surface area contributed by atoms with Crippen molar-refractivity contribution in [2.75, 3.05) is 24.2 Å². The van der Waals surface area contributed by atoms with Crippen LogP contribution in [0.3, 0.4) is 0 Å². The maximum atomic E-state index is 12.5. The predicted octanol–water partition coefficient (Wildman–Crippen LogP) is 1.26. The molecule has 0 radical (unpaired) electrons. The van der Waals surface area contributed by atoms with Gasteiger partial charge in [-0.25, -0.2) is 8.42 Å². The van der Waals surface area contributed by atoms with Crippen LogP contribution in [0.1, 0.15) is 11.1 Å². The molecule has 0 spiro atoms. The highest BCUT2D eigenvalue weighted by atomic mass is 32.2. The van der Waals surface area contributed by atoms with E-state index < -0.39 is 22.5 Å². The topological polar surface area (TPSA) is 142 Å². The van der Waals surface area contributed by atoms with Crippen molar-refractivity contribution in [3.63, 3.8) is 0 Å². The van der Waals surface area contributed by atoms with Crippen LogP contribution in [0.15, 0.2) is 53.6 Å². The Morgan fingerprint density at radius 1 is 1.28 bits per heavy atom. The highest BCUT2D eigenvalue weighted by Gasteiger charge is 2.26. The van der Waals surface area contributed by atoms with Gasteiger partial charge in [-0.3, -0.25) is 9.59 Å². The zero-order chi connectivity index (χ0) is 21.2. The number of benzene rings is 2. The summed E-state index contributed by atoms with van der Waals surface area (Å²) in [6.07, 6.45) is 1.49. The summed E-state index contributed by atoms with van der Waals surface area (Å²) in [6, 6.07) is 11.3. The van der Waals surface area contributed by atoms with Crippen molar-refractivity contribution in [1.82, 2.24) is 4.31 Å². The average molecular weight is 416 g/mol. The molecule has 3 rings (SSSR count). The third-order valence-electron chi connectivity index (χ3n) is 4.42. The normalized spacial score (nSPS) is 14.7. The molecule has 5 N–H and O–H groups in total. The SMILES string of the molecule is CN(CC(=O)O)S(=O)(=O)c1cccc(N/C=C2\C(=O)Nc3cccc(CN)c32)c1. The molecular formula is C19H20N4O5S. The van der Waals surface area contributed by atoms with E-state index in [0.717, 1.165) is 9.87 Å². The third-order valence-corrected chi connectivity index (χ3v) is 6.22. The van der Waals surface area contributed by atoms with Gasteiger partial charge in [0.2, 0.25) is 10.0 Å². The molecule has 0 aromatic heterocycles. The maximum absolute atomic E-state index is 12.5. The molecule has 0 unspecified atom stereocenters. The summed E-state index contributed by atoms with van der Waals surface area (Å²) < 4.78 is 25.8. The van der Waals surface area contributed by atoms with E-state index in [9.17, 15) is 18.0 Å². The minimum absolute atomic E-state index is 0.0661. The Morgan fingerprint density at radius 2 is 2.00 bits per heavy atom. The van der Waals surface area contributed by atoms with Gasteiger partial charge in [0, 0.05) is 36.7 Å². The second-order valence-corrected chi connectivity index (χ2v) is 8.43. The molecule has 0 atom stereocenters. The van der Waals surface area contributed by atoms with E-state index in [1.165, 1.54) is 31.4 Å². The molecule has 10 heteroatoms. The molecule has 2 aromatic rings. The summed E-state index contributed by atoms with van der Waals surface area (Å²) in [6.45, 7) is -0.387. The van der Waals surface area contributed by atoms with Gasteiger partial charge in [0.15, 0.2) is 0 Å². The molecule has 0 saturated heterocycles. The molecule has 2 aromatic carbocycles. The standard InChI is InChI=1S/C19H20N4O5S/c1-23(11-17(24)25)29(27,28)14-6-3-5-13(8-14)21-10-15-18-12(9-20)4-2-7-16(18)22-19(15)26/h2-8,10,21H,9,11,20H2,1H3,(H,22,26)(H,24,25)/b15-10-. The van der Waals surface area contributed by atoms with E-state index in [-0.39, 0.29) is 17.3 Å². The molecule has 29 heavy (non-hydrogen) atoms. The first-order valence-electron chi connectivity index (χ1n) is 8.62. The van der Waals surface area contributed by atoms with Gasteiger partial charge in [0.1, 0.15) is 6.54 Å². The molecule has 0 bridgehead atoms. The van der Waals surface area contributed by atoms with Crippen molar-refractivity contribution in [2.24, 2.45) is 5.73 Å². The van der Waals surface area contributed by atoms with Gasteiger partial charge >= 0.3 is 5.97 Å². The zero-order valence-corrected chi connectivity index (χ0v) is 16.4. The number of carboxylic acid groups (broad SMARTS) is 1. The molecule has 9 nitrogen and oxygen atoms in total. The van der Waals surface area contributed by atoms with Gasteiger partial charge in [0.05, 0.1) is 10.5 Å². The first-order valence-corrected chi connectivity index (χ1v) is 10.1. The number of hydrogen-bond acceptors (Lipinski definition) is 6. The van der Waals surface area contributed by atoms with Crippen LogP contribution in [0, 0.1) is 0 Å². The number of carbonyl (C=O) groups excluding carboxylic acids is 1. The average Bonchev–Trinajstić information content (AvgIpc) is 3.01. The lowest BCUT2D eigenvalue weighted by Gasteiger charge is -2.15. The maximum Gasteiger partial charge on any atom is 0.318 e. The van der Waals surface area contributed by atoms with Crippen LogP contribution in [0.4, 0.5) is 11.4 Å². The van der Waals surface area contributed by atoms with Gasteiger partial charge in [-0.2, -0.15) is 4.31 Å². The fourth-order valence-corrected chi connectivity index (χ4v) is 4.16. The molecule has 152 valence electrons. The fraction of sp³-hybridized carbons (Fsp3) is 0.158. The second-order valence-electron chi connectivity index (χ2n) is 6.38. The minimum atomic E-state index is -3.97. The number of nitrogens with one attached hydrogen (secondary N) is 2. The highest BCUT2D eigenvalue weighted by Crippen LogP contribution is 2.34. The summed E-state index contributed by atoms with van der Waals surface area (Å²) in [7, 11) is -2.77. The largest absolute Gasteiger partial charge is 0.480 e. The van der Waals surface area contributed by atoms with Gasteiger partial charge in [-0.05, 0) is 29.8 Å².